The van der Waals surface area contributed by atoms with Crippen LogP contribution < -0.4 is 5.32 Å². The van der Waals surface area contributed by atoms with Gasteiger partial charge in [-0.1, -0.05) is 58.4 Å². The third-order valence-corrected chi connectivity index (χ3v) is 4.46. The van der Waals surface area contributed by atoms with Crippen molar-refractivity contribution in [3.63, 3.8) is 0 Å². The number of hydrogen-bond donors (Lipinski definition) is 1. The summed E-state index contributed by atoms with van der Waals surface area (Å²) in [4.78, 5) is 13.4. The summed E-state index contributed by atoms with van der Waals surface area (Å²) in [7, 11) is 0. The average Bonchev–Trinajstić information content (AvgIpc) is 2.53. The Labute approximate surface area is 132 Å². The van der Waals surface area contributed by atoms with E-state index in [1.54, 1.807) is 11.8 Å². The molecule has 0 aliphatic heterocycles. The molecule has 0 saturated carbocycles. The number of carbonyl (C=O) groups is 1. The third kappa shape index (κ3) is 3.64. The molecule has 104 valence electrons. The first kappa shape index (κ1) is 15.1. The molecular weight excluding hydrogens is 334 g/mol. The Hall–Kier alpha value is -1.26. The van der Waals surface area contributed by atoms with Crippen molar-refractivity contribution in [3.05, 3.63) is 65.7 Å². The van der Waals surface area contributed by atoms with Gasteiger partial charge in [-0.2, -0.15) is 0 Å². The van der Waals surface area contributed by atoms with E-state index in [-0.39, 0.29) is 11.9 Å². The van der Waals surface area contributed by atoms with Crippen LogP contribution in [0.15, 0.2) is 59.5 Å². The van der Waals surface area contributed by atoms with Gasteiger partial charge >= 0.3 is 0 Å². The maximum atomic E-state index is 12.4. The number of carbonyl (C=O) groups excluding carboxylic acids is 1. The highest BCUT2D eigenvalue weighted by molar-refractivity contribution is 9.09. The molecule has 1 amide bonds. The molecule has 2 aromatic rings. The number of thioether (sulfide) groups is 1. The minimum Gasteiger partial charge on any atom is -0.344 e. The van der Waals surface area contributed by atoms with Crippen molar-refractivity contribution in [2.24, 2.45) is 0 Å². The summed E-state index contributed by atoms with van der Waals surface area (Å²) in [6.07, 6.45) is 1.98. The SMILES string of the molecule is CSc1ccccc1C(=O)NC(CBr)c1ccccc1. The van der Waals surface area contributed by atoms with Crippen LogP contribution in [0.4, 0.5) is 0 Å². The number of alkyl halides is 1. The van der Waals surface area contributed by atoms with Gasteiger partial charge in [0, 0.05) is 10.2 Å². The quantitative estimate of drug-likeness (QED) is 0.644. The molecular formula is C16H16BrNOS. The first-order chi connectivity index (χ1) is 9.76. The second-order valence-electron chi connectivity index (χ2n) is 4.29. The Morgan fingerprint density at radius 2 is 1.80 bits per heavy atom. The number of amides is 1. The van der Waals surface area contributed by atoms with Crippen LogP contribution >= 0.6 is 27.7 Å². The molecule has 2 aromatic carbocycles. The molecule has 0 bridgehead atoms. The number of rotatable bonds is 5. The van der Waals surface area contributed by atoms with Crippen LogP contribution in [0.25, 0.3) is 0 Å². The molecule has 0 fully saturated rings. The van der Waals surface area contributed by atoms with E-state index in [9.17, 15) is 4.79 Å². The largest absolute Gasteiger partial charge is 0.344 e. The Morgan fingerprint density at radius 3 is 2.45 bits per heavy atom. The maximum absolute atomic E-state index is 12.4. The van der Waals surface area contributed by atoms with Crippen molar-refractivity contribution in [2.75, 3.05) is 11.6 Å². The summed E-state index contributed by atoms with van der Waals surface area (Å²) in [5.74, 6) is -0.0387. The molecule has 1 atom stereocenters. The van der Waals surface area contributed by atoms with Crippen LogP contribution in [0.1, 0.15) is 22.0 Å². The monoisotopic (exact) mass is 349 g/mol. The van der Waals surface area contributed by atoms with Gasteiger partial charge in [0.15, 0.2) is 0 Å². The second kappa shape index (κ2) is 7.50. The summed E-state index contributed by atoms with van der Waals surface area (Å²) in [6.45, 7) is 0. The lowest BCUT2D eigenvalue weighted by Crippen LogP contribution is -2.29. The lowest BCUT2D eigenvalue weighted by atomic mass is 10.1. The summed E-state index contributed by atoms with van der Waals surface area (Å²) in [5.41, 5.74) is 1.82. The molecule has 0 aromatic heterocycles. The minimum absolute atomic E-state index is 0.0291. The minimum atomic E-state index is -0.0387. The predicted molar refractivity (Wildman–Crippen MR) is 88.7 cm³/mol. The molecule has 0 saturated heterocycles. The van der Waals surface area contributed by atoms with E-state index in [1.807, 2.05) is 60.9 Å². The van der Waals surface area contributed by atoms with Crippen molar-refractivity contribution in [2.45, 2.75) is 10.9 Å². The summed E-state index contributed by atoms with van der Waals surface area (Å²) >= 11 is 5.05. The van der Waals surface area contributed by atoms with E-state index < -0.39 is 0 Å². The van der Waals surface area contributed by atoms with E-state index in [1.165, 1.54) is 0 Å². The van der Waals surface area contributed by atoms with E-state index in [0.717, 1.165) is 16.0 Å². The zero-order valence-corrected chi connectivity index (χ0v) is 13.6. The van der Waals surface area contributed by atoms with Crippen molar-refractivity contribution in [1.29, 1.82) is 0 Å². The Balaban J connectivity index is 2.18. The summed E-state index contributed by atoms with van der Waals surface area (Å²) in [5, 5.41) is 3.76. The van der Waals surface area contributed by atoms with Crippen LogP contribution in [0.2, 0.25) is 0 Å². The lowest BCUT2D eigenvalue weighted by molar-refractivity contribution is 0.0938. The van der Waals surface area contributed by atoms with Crippen LogP contribution in [0, 0.1) is 0 Å². The molecule has 0 spiro atoms. The van der Waals surface area contributed by atoms with Gasteiger partial charge in [-0.15, -0.1) is 11.8 Å². The highest BCUT2D eigenvalue weighted by Gasteiger charge is 2.16. The molecule has 0 heterocycles. The van der Waals surface area contributed by atoms with Crippen molar-refractivity contribution in [3.8, 4) is 0 Å². The zero-order chi connectivity index (χ0) is 14.4. The molecule has 20 heavy (non-hydrogen) atoms. The van der Waals surface area contributed by atoms with Gasteiger partial charge in [-0.25, -0.2) is 0 Å². The fraction of sp³-hybridized carbons (Fsp3) is 0.188. The number of benzene rings is 2. The average molecular weight is 350 g/mol. The molecule has 4 heteroatoms. The van der Waals surface area contributed by atoms with E-state index in [2.05, 4.69) is 21.2 Å². The number of halogens is 1. The first-order valence-electron chi connectivity index (χ1n) is 6.31. The van der Waals surface area contributed by atoms with Gasteiger partial charge in [0.2, 0.25) is 0 Å². The van der Waals surface area contributed by atoms with E-state index in [0.29, 0.717) is 5.33 Å². The normalized spacial score (nSPS) is 11.9. The summed E-state index contributed by atoms with van der Waals surface area (Å²) < 4.78 is 0. The molecule has 0 aliphatic rings. The van der Waals surface area contributed by atoms with Crippen LogP contribution in [-0.2, 0) is 0 Å². The fourth-order valence-electron chi connectivity index (χ4n) is 1.96. The fourth-order valence-corrected chi connectivity index (χ4v) is 3.10. The molecule has 2 rings (SSSR count). The van der Waals surface area contributed by atoms with E-state index >= 15 is 0 Å². The van der Waals surface area contributed by atoms with Gasteiger partial charge in [0.05, 0.1) is 11.6 Å². The van der Waals surface area contributed by atoms with Gasteiger partial charge < -0.3 is 5.32 Å². The van der Waals surface area contributed by atoms with Crippen LogP contribution in [-0.4, -0.2) is 17.5 Å². The third-order valence-electron chi connectivity index (χ3n) is 3.01. The van der Waals surface area contributed by atoms with Gasteiger partial charge in [-0.05, 0) is 24.0 Å². The predicted octanol–water partition coefficient (Wildman–Crippen LogP) is 4.27. The maximum Gasteiger partial charge on any atom is 0.252 e. The van der Waals surface area contributed by atoms with Gasteiger partial charge in [0.1, 0.15) is 0 Å². The Bertz CT molecular complexity index is 574. The first-order valence-corrected chi connectivity index (χ1v) is 8.65. The molecule has 0 radical (unpaired) electrons. The number of nitrogens with one attached hydrogen (secondary N) is 1. The standard InChI is InChI=1S/C16H16BrNOS/c1-20-15-10-6-5-9-13(15)16(19)18-14(11-17)12-7-3-2-4-8-12/h2-10,14H,11H2,1H3,(H,18,19). The smallest absolute Gasteiger partial charge is 0.252 e. The Morgan fingerprint density at radius 1 is 1.15 bits per heavy atom. The summed E-state index contributed by atoms with van der Waals surface area (Å²) in [6, 6.07) is 17.6. The number of hydrogen-bond acceptors (Lipinski definition) is 2. The Kier molecular flexibility index (Phi) is 5.68. The molecule has 0 aliphatic carbocycles. The van der Waals surface area contributed by atoms with Crippen molar-refractivity contribution in [1.82, 2.24) is 5.32 Å². The van der Waals surface area contributed by atoms with Gasteiger partial charge in [-0.3, -0.25) is 4.79 Å². The molecule has 1 N–H and O–H groups in total. The van der Waals surface area contributed by atoms with Crippen molar-refractivity contribution >= 4 is 33.6 Å². The zero-order valence-electron chi connectivity index (χ0n) is 11.2. The molecule has 2 nitrogen and oxygen atoms in total. The topological polar surface area (TPSA) is 29.1 Å². The highest BCUT2D eigenvalue weighted by Crippen LogP contribution is 2.21. The lowest BCUT2D eigenvalue weighted by Gasteiger charge is -2.17. The van der Waals surface area contributed by atoms with Crippen molar-refractivity contribution < 1.29 is 4.79 Å². The van der Waals surface area contributed by atoms with Crippen LogP contribution in [0.3, 0.4) is 0 Å². The molecule has 1 unspecified atom stereocenters. The highest BCUT2D eigenvalue weighted by atomic mass is 79.9. The second-order valence-corrected chi connectivity index (χ2v) is 5.79. The van der Waals surface area contributed by atoms with Gasteiger partial charge in [0.25, 0.3) is 5.91 Å². The van der Waals surface area contributed by atoms with E-state index in [4.69, 9.17) is 0 Å². The van der Waals surface area contributed by atoms with Crippen LogP contribution in [0.5, 0.6) is 0 Å².